The van der Waals surface area contributed by atoms with E-state index < -0.39 is 0 Å². The fraction of sp³-hybridized carbons (Fsp3) is 0.533. The monoisotopic (exact) mass is 262 g/mol. The van der Waals surface area contributed by atoms with Crippen molar-refractivity contribution in [2.24, 2.45) is 0 Å². The van der Waals surface area contributed by atoms with E-state index in [9.17, 15) is 4.79 Å². The lowest BCUT2D eigenvalue weighted by molar-refractivity contribution is 0.0773. The second kappa shape index (κ2) is 6.57. The summed E-state index contributed by atoms with van der Waals surface area (Å²) >= 11 is 0. The van der Waals surface area contributed by atoms with E-state index in [4.69, 9.17) is 4.74 Å². The first-order valence-electron chi connectivity index (χ1n) is 6.98. The van der Waals surface area contributed by atoms with Crippen molar-refractivity contribution in [1.82, 2.24) is 4.90 Å². The lowest BCUT2D eigenvalue weighted by Gasteiger charge is -2.29. The Labute approximate surface area is 115 Å². The zero-order valence-electron chi connectivity index (χ0n) is 11.8. The molecule has 0 N–H and O–H groups in total. The SMILES string of the molecule is CCN(CC)C(=O)c1ccc(N2CCOCC2)cc1. The second-order valence-electron chi connectivity index (χ2n) is 4.62. The summed E-state index contributed by atoms with van der Waals surface area (Å²) in [5.41, 5.74) is 1.93. The lowest BCUT2D eigenvalue weighted by Crippen LogP contribution is -2.36. The molecular formula is C15H22N2O2. The first-order chi connectivity index (χ1) is 9.26. The first kappa shape index (κ1) is 13.9. The molecule has 1 saturated heterocycles. The van der Waals surface area contributed by atoms with Crippen molar-refractivity contribution in [3.63, 3.8) is 0 Å². The Morgan fingerprint density at radius 1 is 1.16 bits per heavy atom. The fourth-order valence-corrected chi connectivity index (χ4v) is 2.33. The average molecular weight is 262 g/mol. The van der Waals surface area contributed by atoms with Crippen LogP contribution in [0.1, 0.15) is 24.2 Å². The summed E-state index contributed by atoms with van der Waals surface area (Å²) in [6.45, 7) is 8.90. The minimum Gasteiger partial charge on any atom is -0.378 e. The summed E-state index contributed by atoms with van der Waals surface area (Å²) < 4.78 is 5.34. The highest BCUT2D eigenvalue weighted by Crippen LogP contribution is 2.17. The highest BCUT2D eigenvalue weighted by Gasteiger charge is 2.14. The molecule has 2 rings (SSSR count). The Morgan fingerprint density at radius 3 is 2.26 bits per heavy atom. The largest absolute Gasteiger partial charge is 0.378 e. The van der Waals surface area contributed by atoms with Gasteiger partial charge < -0.3 is 14.5 Å². The van der Waals surface area contributed by atoms with Gasteiger partial charge in [-0.25, -0.2) is 0 Å². The van der Waals surface area contributed by atoms with Crippen molar-refractivity contribution in [2.75, 3.05) is 44.3 Å². The number of amides is 1. The highest BCUT2D eigenvalue weighted by atomic mass is 16.5. The molecule has 1 aromatic carbocycles. The van der Waals surface area contributed by atoms with Crippen LogP contribution >= 0.6 is 0 Å². The van der Waals surface area contributed by atoms with Crippen LogP contribution in [-0.2, 0) is 4.74 Å². The Kier molecular flexibility index (Phi) is 4.80. The molecule has 1 fully saturated rings. The summed E-state index contributed by atoms with van der Waals surface area (Å²) in [6, 6.07) is 7.90. The van der Waals surface area contributed by atoms with Crippen LogP contribution in [0.3, 0.4) is 0 Å². The quantitative estimate of drug-likeness (QED) is 0.832. The lowest BCUT2D eigenvalue weighted by atomic mass is 10.1. The van der Waals surface area contributed by atoms with Crippen LogP contribution in [0.25, 0.3) is 0 Å². The van der Waals surface area contributed by atoms with Gasteiger partial charge >= 0.3 is 0 Å². The van der Waals surface area contributed by atoms with Gasteiger partial charge in [-0.2, -0.15) is 0 Å². The van der Waals surface area contributed by atoms with Crippen LogP contribution in [0, 0.1) is 0 Å². The molecule has 0 atom stereocenters. The first-order valence-corrected chi connectivity index (χ1v) is 6.98. The number of anilines is 1. The number of nitrogens with zero attached hydrogens (tertiary/aromatic N) is 2. The molecule has 1 aromatic rings. The molecule has 1 aliphatic heterocycles. The molecule has 0 aromatic heterocycles. The summed E-state index contributed by atoms with van der Waals surface area (Å²) in [7, 11) is 0. The van der Waals surface area contributed by atoms with E-state index in [1.54, 1.807) is 0 Å². The molecular weight excluding hydrogens is 240 g/mol. The maximum atomic E-state index is 12.2. The molecule has 1 aliphatic rings. The molecule has 1 amide bonds. The topological polar surface area (TPSA) is 32.8 Å². The van der Waals surface area contributed by atoms with Gasteiger partial charge in [-0.1, -0.05) is 0 Å². The Balaban J connectivity index is 2.07. The zero-order chi connectivity index (χ0) is 13.7. The maximum absolute atomic E-state index is 12.2. The van der Waals surface area contributed by atoms with E-state index in [1.807, 2.05) is 43.0 Å². The van der Waals surface area contributed by atoms with Crippen LogP contribution in [0.2, 0.25) is 0 Å². The van der Waals surface area contributed by atoms with Gasteiger partial charge in [0.25, 0.3) is 5.91 Å². The molecule has 0 unspecified atom stereocenters. The van der Waals surface area contributed by atoms with Crippen LogP contribution < -0.4 is 4.90 Å². The van der Waals surface area contributed by atoms with Gasteiger partial charge in [0.1, 0.15) is 0 Å². The molecule has 0 aliphatic carbocycles. The summed E-state index contributed by atoms with van der Waals surface area (Å²) in [6.07, 6.45) is 0. The number of benzene rings is 1. The van der Waals surface area contributed by atoms with Crippen molar-refractivity contribution >= 4 is 11.6 Å². The zero-order valence-corrected chi connectivity index (χ0v) is 11.8. The van der Waals surface area contributed by atoms with Gasteiger partial charge in [0.2, 0.25) is 0 Å². The number of ether oxygens (including phenoxy) is 1. The number of morpholine rings is 1. The van der Waals surface area contributed by atoms with Crippen molar-refractivity contribution in [1.29, 1.82) is 0 Å². The number of rotatable bonds is 4. The van der Waals surface area contributed by atoms with Crippen molar-refractivity contribution in [2.45, 2.75) is 13.8 Å². The van der Waals surface area contributed by atoms with Gasteiger partial charge in [0.05, 0.1) is 13.2 Å². The van der Waals surface area contributed by atoms with Crippen LogP contribution in [0.15, 0.2) is 24.3 Å². The van der Waals surface area contributed by atoms with Crippen molar-refractivity contribution in [3.05, 3.63) is 29.8 Å². The third-order valence-corrected chi connectivity index (χ3v) is 3.54. The minimum absolute atomic E-state index is 0.110. The standard InChI is InChI=1S/C15H22N2O2/c1-3-16(4-2)15(18)13-5-7-14(8-6-13)17-9-11-19-12-10-17/h5-8H,3-4,9-12H2,1-2H3. The van der Waals surface area contributed by atoms with Gasteiger partial charge in [0, 0.05) is 37.4 Å². The van der Waals surface area contributed by atoms with E-state index in [0.717, 1.165) is 45.0 Å². The molecule has 4 heteroatoms. The van der Waals surface area contributed by atoms with Gasteiger partial charge in [-0.05, 0) is 38.1 Å². The average Bonchev–Trinajstić information content (AvgIpc) is 2.49. The third kappa shape index (κ3) is 3.26. The van der Waals surface area contributed by atoms with Crippen molar-refractivity contribution in [3.8, 4) is 0 Å². The van der Waals surface area contributed by atoms with E-state index >= 15 is 0 Å². The van der Waals surface area contributed by atoms with Crippen molar-refractivity contribution < 1.29 is 9.53 Å². The highest BCUT2D eigenvalue weighted by molar-refractivity contribution is 5.94. The Hall–Kier alpha value is -1.55. The number of hydrogen-bond donors (Lipinski definition) is 0. The van der Waals surface area contributed by atoms with Gasteiger partial charge in [-0.15, -0.1) is 0 Å². The molecule has 4 nitrogen and oxygen atoms in total. The number of hydrogen-bond acceptors (Lipinski definition) is 3. The van der Waals surface area contributed by atoms with Crippen LogP contribution in [-0.4, -0.2) is 50.2 Å². The smallest absolute Gasteiger partial charge is 0.253 e. The van der Waals surface area contributed by atoms with E-state index in [1.165, 1.54) is 5.69 Å². The predicted molar refractivity (Wildman–Crippen MR) is 76.7 cm³/mol. The number of carbonyl (C=O) groups excluding carboxylic acids is 1. The molecule has 0 radical (unpaired) electrons. The van der Waals surface area contributed by atoms with Gasteiger partial charge in [-0.3, -0.25) is 4.79 Å². The maximum Gasteiger partial charge on any atom is 0.253 e. The predicted octanol–water partition coefficient (Wildman–Crippen LogP) is 2.01. The third-order valence-electron chi connectivity index (χ3n) is 3.54. The van der Waals surface area contributed by atoms with Crippen LogP contribution in [0.5, 0.6) is 0 Å². The molecule has 1 heterocycles. The van der Waals surface area contributed by atoms with E-state index in [-0.39, 0.29) is 5.91 Å². The second-order valence-corrected chi connectivity index (χ2v) is 4.62. The summed E-state index contributed by atoms with van der Waals surface area (Å²) in [5, 5.41) is 0. The summed E-state index contributed by atoms with van der Waals surface area (Å²) in [5.74, 6) is 0.110. The van der Waals surface area contributed by atoms with Gasteiger partial charge in [0.15, 0.2) is 0 Å². The van der Waals surface area contributed by atoms with Crippen LogP contribution in [0.4, 0.5) is 5.69 Å². The Bertz CT molecular complexity index is 407. The fourth-order valence-electron chi connectivity index (χ4n) is 2.33. The molecule has 0 saturated carbocycles. The number of carbonyl (C=O) groups is 1. The Morgan fingerprint density at radius 2 is 1.74 bits per heavy atom. The molecule has 104 valence electrons. The van der Waals surface area contributed by atoms with E-state index in [2.05, 4.69) is 4.90 Å². The molecule has 0 spiro atoms. The van der Waals surface area contributed by atoms with E-state index in [0.29, 0.717) is 0 Å². The molecule has 19 heavy (non-hydrogen) atoms. The molecule has 0 bridgehead atoms. The summed E-state index contributed by atoms with van der Waals surface area (Å²) in [4.78, 5) is 16.3. The normalized spacial score (nSPS) is 15.4. The minimum atomic E-state index is 0.110.